The number of hydrogen-bond donors (Lipinski definition) is 0. The second-order valence-corrected chi connectivity index (χ2v) is 6.49. The quantitative estimate of drug-likeness (QED) is 0.526. The number of aryl methyl sites for hydroxylation is 2. The minimum Gasteiger partial charge on any atom is -0.462 e. The van der Waals surface area contributed by atoms with Crippen LogP contribution in [0.25, 0.3) is 27.3 Å². The molecule has 0 bridgehead atoms. The van der Waals surface area contributed by atoms with Gasteiger partial charge < -0.3 is 4.74 Å². The summed E-state index contributed by atoms with van der Waals surface area (Å²) in [6, 6.07) is 7.68. The normalized spacial score (nSPS) is 11.3. The molecule has 0 unspecified atom stereocenters. The van der Waals surface area contributed by atoms with Crippen molar-refractivity contribution in [1.29, 1.82) is 0 Å². The summed E-state index contributed by atoms with van der Waals surface area (Å²) < 4.78 is 6.73. The van der Waals surface area contributed by atoms with Crippen molar-refractivity contribution in [1.82, 2.24) is 24.7 Å². The van der Waals surface area contributed by atoms with Crippen LogP contribution in [0.5, 0.6) is 0 Å². The third-order valence-corrected chi connectivity index (χ3v) is 4.89. The largest absolute Gasteiger partial charge is 0.462 e. The summed E-state index contributed by atoms with van der Waals surface area (Å²) >= 11 is 1.24. The van der Waals surface area contributed by atoms with Crippen molar-refractivity contribution in [2.45, 2.75) is 20.8 Å². The number of aromatic nitrogens is 5. The third-order valence-electron chi connectivity index (χ3n) is 3.77. The average Bonchev–Trinajstić information content (AvgIpc) is 3.14. The second kappa shape index (κ2) is 5.89. The van der Waals surface area contributed by atoms with Gasteiger partial charge in [0, 0.05) is 0 Å². The van der Waals surface area contributed by atoms with Gasteiger partial charge in [0.2, 0.25) is 5.13 Å². The highest BCUT2D eigenvalue weighted by molar-refractivity contribution is 7.16. The molecule has 4 aromatic rings. The Bertz CT molecular complexity index is 1120. The molecule has 0 N–H and O–H groups in total. The van der Waals surface area contributed by atoms with Gasteiger partial charge in [0.25, 0.3) is 0 Å². The zero-order chi connectivity index (χ0) is 17.6. The Balaban J connectivity index is 1.91. The van der Waals surface area contributed by atoms with Crippen molar-refractivity contribution in [3.63, 3.8) is 0 Å². The van der Waals surface area contributed by atoms with E-state index in [1.54, 1.807) is 18.5 Å². The van der Waals surface area contributed by atoms with E-state index < -0.39 is 0 Å². The maximum Gasteiger partial charge on any atom is 0.350 e. The van der Waals surface area contributed by atoms with Gasteiger partial charge >= 0.3 is 5.97 Å². The number of fused-ring (bicyclic) bond motifs is 2. The van der Waals surface area contributed by atoms with Gasteiger partial charge in [-0.3, -0.25) is 0 Å². The van der Waals surface area contributed by atoms with Gasteiger partial charge in [-0.05, 0) is 32.9 Å². The average molecular weight is 353 g/mol. The minimum atomic E-state index is -0.367. The Morgan fingerprint density at radius 3 is 2.56 bits per heavy atom. The smallest absolute Gasteiger partial charge is 0.350 e. The zero-order valence-corrected chi connectivity index (χ0v) is 14.8. The van der Waals surface area contributed by atoms with Crippen LogP contribution in [0.2, 0.25) is 0 Å². The second-order valence-electron chi connectivity index (χ2n) is 5.51. The Hall–Kier alpha value is -2.87. The van der Waals surface area contributed by atoms with Gasteiger partial charge in [-0.2, -0.15) is 9.78 Å². The number of benzene rings is 1. The Morgan fingerprint density at radius 2 is 1.84 bits per heavy atom. The van der Waals surface area contributed by atoms with E-state index in [0.717, 1.165) is 22.2 Å². The van der Waals surface area contributed by atoms with E-state index in [0.29, 0.717) is 28.0 Å². The van der Waals surface area contributed by atoms with Crippen LogP contribution in [0.1, 0.15) is 28.0 Å². The first-order valence-electron chi connectivity index (χ1n) is 7.85. The highest BCUT2D eigenvalue weighted by Crippen LogP contribution is 2.26. The number of ether oxygens (including phenoxy) is 1. The fraction of sp³-hybridized carbons (Fsp3) is 0.235. The molecular formula is C17H15N5O2S. The molecule has 7 nitrogen and oxygen atoms in total. The fourth-order valence-electron chi connectivity index (χ4n) is 2.62. The molecule has 0 saturated carbocycles. The topological polar surface area (TPSA) is 82.8 Å². The predicted octanol–water partition coefficient (Wildman–Crippen LogP) is 3.22. The Kier molecular flexibility index (Phi) is 3.69. The summed E-state index contributed by atoms with van der Waals surface area (Å²) in [5.74, 6) is -0.367. The molecule has 25 heavy (non-hydrogen) atoms. The molecule has 3 heterocycles. The van der Waals surface area contributed by atoms with Crippen LogP contribution < -0.4 is 0 Å². The monoisotopic (exact) mass is 353 g/mol. The summed E-state index contributed by atoms with van der Waals surface area (Å²) in [6.45, 7) is 5.77. The Morgan fingerprint density at radius 1 is 1.12 bits per heavy atom. The third kappa shape index (κ3) is 2.54. The molecule has 4 rings (SSSR count). The molecule has 0 fully saturated rings. The van der Waals surface area contributed by atoms with Crippen molar-refractivity contribution < 1.29 is 9.53 Å². The maximum atomic E-state index is 12.0. The van der Waals surface area contributed by atoms with Crippen molar-refractivity contribution in [2.75, 3.05) is 6.61 Å². The molecule has 0 saturated heterocycles. The molecule has 3 aromatic heterocycles. The van der Waals surface area contributed by atoms with E-state index in [4.69, 9.17) is 4.74 Å². The summed E-state index contributed by atoms with van der Waals surface area (Å²) in [5, 5.41) is 5.10. The van der Waals surface area contributed by atoms with Crippen LogP contribution in [-0.4, -0.2) is 37.3 Å². The summed E-state index contributed by atoms with van der Waals surface area (Å²) in [6.07, 6.45) is 0. The molecule has 0 aliphatic heterocycles. The summed E-state index contributed by atoms with van der Waals surface area (Å²) in [5.41, 5.74) is 4.34. The number of hydrogen-bond acceptors (Lipinski definition) is 7. The van der Waals surface area contributed by atoms with Gasteiger partial charge in [-0.25, -0.2) is 19.7 Å². The lowest BCUT2D eigenvalue weighted by atomic mass is 10.3. The lowest BCUT2D eigenvalue weighted by Crippen LogP contribution is -2.03. The number of carbonyl (C=O) groups is 1. The molecule has 1 aromatic carbocycles. The SMILES string of the molecule is CCOC(=O)c1sc(-n2nc(C)c3nc4ccccc4nc32)nc1C. The molecule has 0 spiro atoms. The lowest BCUT2D eigenvalue weighted by Gasteiger charge is -1.99. The van der Waals surface area contributed by atoms with Crippen molar-refractivity contribution >= 4 is 39.5 Å². The number of nitrogens with zero attached hydrogens (tertiary/aromatic N) is 5. The van der Waals surface area contributed by atoms with Gasteiger partial charge in [0.05, 0.1) is 29.0 Å². The molecule has 0 aliphatic rings. The highest BCUT2D eigenvalue weighted by Gasteiger charge is 2.21. The first kappa shape index (κ1) is 15.6. The van der Waals surface area contributed by atoms with Gasteiger partial charge in [-0.1, -0.05) is 23.5 Å². The predicted molar refractivity (Wildman–Crippen MR) is 95.3 cm³/mol. The number of carbonyl (C=O) groups excluding carboxylic acids is 1. The molecule has 0 aliphatic carbocycles. The zero-order valence-electron chi connectivity index (χ0n) is 14.0. The molecule has 0 radical (unpaired) electrons. The van der Waals surface area contributed by atoms with Crippen molar-refractivity contribution in [2.24, 2.45) is 0 Å². The number of rotatable bonds is 3. The van der Waals surface area contributed by atoms with Crippen LogP contribution in [0.15, 0.2) is 24.3 Å². The van der Waals surface area contributed by atoms with Crippen molar-refractivity contribution in [3.8, 4) is 5.13 Å². The van der Waals surface area contributed by atoms with Crippen LogP contribution >= 0.6 is 11.3 Å². The van der Waals surface area contributed by atoms with E-state index in [2.05, 4.69) is 20.1 Å². The van der Waals surface area contributed by atoms with Crippen LogP contribution in [0, 0.1) is 13.8 Å². The van der Waals surface area contributed by atoms with E-state index in [1.807, 2.05) is 31.2 Å². The molecule has 0 amide bonds. The Labute approximate surface area is 147 Å². The van der Waals surface area contributed by atoms with Crippen molar-refractivity contribution in [3.05, 3.63) is 40.5 Å². The first-order chi connectivity index (χ1) is 12.1. The van der Waals surface area contributed by atoms with Crippen LogP contribution in [0.4, 0.5) is 0 Å². The molecule has 0 atom stereocenters. The fourth-order valence-corrected chi connectivity index (χ4v) is 3.53. The maximum absolute atomic E-state index is 12.0. The molecule has 126 valence electrons. The van der Waals surface area contributed by atoms with Crippen LogP contribution in [-0.2, 0) is 4.74 Å². The minimum absolute atomic E-state index is 0.326. The number of para-hydroxylation sites is 2. The first-order valence-corrected chi connectivity index (χ1v) is 8.67. The van der Waals surface area contributed by atoms with E-state index >= 15 is 0 Å². The van der Waals surface area contributed by atoms with Gasteiger partial charge in [0.1, 0.15) is 10.4 Å². The van der Waals surface area contributed by atoms with Gasteiger partial charge in [-0.15, -0.1) is 0 Å². The molecular weight excluding hydrogens is 338 g/mol. The van der Waals surface area contributed by atoms with E-state index in [9.17, 15) is 4.79 Å². The standard InChI is InChI=1S/C17H15N5O2S/c1-4-24-16(23)14-10(3)18-17(25-14)22-15-13(9(2)21-22)19-11-7-5-6-8-12(11)20-15/h5-8H,4H2,1-3H3. The number of thiazole rings is 1. The van der Waals surface area contributed by atoms with E-state index in [1.165, 1.54) is 11.3 Å². The summed E-state index contributed by atoms with van der Waals surface area (Å²) in [4.78, 5) is 26.3. The number of esters is 1. The molecule has 8 heteroatoms. The van der Waals surface area contributed by atoms with E-state index in [-0.39, 0.29) is 5.97 Å². The summed E-state index contributed by atoms with van der Waals surface area (Å²) in [7, 11) is 0. The van der Waals surface area contributed by atoms with Gasteiger partial charge in [0.15, 0.2) is 5.65 Å². The lowest BCUT2D eigenvalue weighted by molar-refractivity contribution is 0.0531. The van der Waals surface area contributed by atoms with Crippen LogP contribution in [0.3, 0.4) is 0 Å². The highest BCUT2D eigenvalue weighted by atomic mass is 32.1.